The third-order valence-electron chi connectivity index (χ3n) is 1.94. The summed E-state index contributed by atoms with van der Waals surface area (Å²) in [7, 11) is 0. The van der Waals surface area contributed by atoms with Crippen LogP contribution in [0.2, 0.25) is 0 Å². The van der Waals surface area contributed by atoms with E-state index < -0.39 is 0 Å². The number of carbonyl (C=O) groups excluding carboxylic acids is 1. The van der Waals surface area contributed by atoms with Crippen LogP contribution in [0.1, 0.15) is 18.9 Å². The maximum atomic E-state index is 11.0. The Bertz CT molecular complexity index is 369. The molecule has 0 fully saturated rings. The Morgan fingerprint density at radius 1 is 1.60 bits per heavy atom. The molecule has 0 radical (unpaired) electrons. The lowest BCUT2D eigenvalue weighted by Gasteiger charge is -2.06. The van der Waals surface area contributed by atoms with Crippen molar-refractivity contribution in [2.45, 2.75) is 19.8 Å². The van der Waals surface area contributed by atoms with E-state index in [0.29, 0.717) is 24.2 Å². The molecule has 0 aliphatic rings. The van der Waals surface area contributed by atoms with Gasteiger partial charge in [0.1, 0.15) is 11.5 Å². The highest BCUT2D eigenvalue weighted by Gasteiger charge is 2.05. The first-order chi connectivity index (χ1) is 7.17. The minimum absolute atomic E-state index is 0.186. The molecule has 1 N–H and O–H groups in total. The predicted octanol–water partition coefficient (Wildman–Crippen LogP) is 2.44. The second-order valence-corrected chi connectivity index (χ2v) is 3.11. The fourth-order valence-electron chi connectivity index (χ4n) is 1.15. The van der Waals surface area contributed by atoms with Crippen LogP contribution in [0.4, 0.5) is 0 Å². The van der Waals surface area contributed by atoms with Gasteiger partial charge in [0, 0.05) is 12.0 Å². The van der Waals surface area contributed by atoms with Crippen LogP contribution < -0.4 is 4.74 Å². The first kappa shape index (κ1) is 11.3. The summed E-state index contributed by atoms with van der Waals surface area (Å²) in [6.45, 7) is 5.31. The highest BCUT2D eigenvalue weighted by atomic mass is 16.5. The van der Waals surface area contributed by atoms with Crippen molar-refractivity contribution in [3.8, 4) is 11.5 Å². The Hall–Kier alpha value is -1.77. The first-order valence-electron chi connectivity index (χ1n) is 4.80. The zero-order chi connectivity index (χ0) is 11.3. The van der Waals surface area contributed by atoms with Crippen LogP contribution >= 0.6 is 0 Å². The molecule has 0 unspecified atom stereocenters. The minimum Gasteiger partial charge on any atom is -0.508 e. The minimum atomic E-state index is -0.287. The molecule has 0 aliphatic heterocycles. The Morgan fingerprint density at radius 3 is 2.93 bits per heavy atom. The average Bonchev–Trinajstić information content (AvgIpc) is 2.23. The molecule has 3 heteroatoms. The number of esters is 1. The zero-order valence-electron chi connectivity index (χ0n) is 8.69. The summed E-state index contributed by atoms with van der Waals surface area (Å²) >= 11 is 0. The normalized spacial score (nSPS) is 9.67. The van der Waals surface area contributed by atoms with E-state index in [1.54, 1.807) is 25.1 Å². The SMILES string of the molecule is C=CCc1cc(OC(=O)CC)ccc1O. The molecule has 0 spiro atoms. The van der Waals surface area contributed by atoms with Crippen LogP contribution in [0.15, 0.2) is 30.9 Å². The number of phenols is 1. The van der Waals surface area contributed by atoms with Crippen LogP contribution in [-0.2, 0) is 11.2 Å². The van der Waals surface area contributed by atoms with Crippen LogP contribution in [0.25, 0.3) is 0 Å². The summed E-state index contributed by atoms with van der Waals surface area (Å²) in [5.74, 6) is 0.355. The van der Waals surface area contributed by atoms with E-state index in [1.807, 2.05) is 0 Å². The van der Waals surface area contributed by atoms with E-state index >= 15 is 0 Å². The summed E-state index contributed by atoms with van der Waals surface area (Å²) in [6, 6.07) is 4.72. The molecule has 0 atom stereocenters. The van der Waals surface area contributed by atoms with Gasteiger partial charge in [0.2, 0.25) is 0 Å². The summed E-state index contributed by atoms with van der Waals surface area (Å²) in [6.07, 6.45) is 2.56. The van der Waals surface area contributed by atoms with E-state index in [4.69, 9.17) is 4.74 Å². The zero-order valence-corrected chi connectivity index (χ0v) is 8.69. The lowest BCUT2D eigenvalue weighted by molar-refractivity contribution is -0.134. The van der Waals surface area contributed by atoms with E-state index in [-0.39, 0.29) is 11.7 Å². The van der Waals surface area contributed by atoms with Crippen LogP contribution in [0.5, 0.6) is 11.5 Å². The number of rotatable bonds is 4. The van der Waals surface area contributed by atoms with Crippen molar-refractivity contribution in [3.05, 3.63) is 36.4 Å². The lowest BCUT2D eigenvalue weighted by Crippen LogP contribution is -2.05. The van der Waals surface area contributed by atoms with Gasteiger partial charge in [0.05, 0.1) is 0 Å². The number of aromatic hydroxyl groups is 1. The number of hydrogen-bond acceptors (Lipinski definition) is 3. The molecule has 80 valence electrons. The maximum Gasteiger partial charge on any atom is 0.310 e. The van der Waals surface area contributed by atoms with Crippen molar-refractivity contribution < 1.29 is 14.6 Å². The van der Waals surface area contributed by atoms with Crippen molar-refractivity contribution in [1.29, 1.82) is 0 Å². The monoisotopic (exact) mass is 206 g/mol. The molecular weight excluding hydrogens is 192 g/mol. The number of benzene rings is 1. The van der Waals surface area contributed by atoms with Gasteiger partial charge >= 0.3 is 5.97 Å². The Labute approximate surface area is 89.0 Å². The molecule has 0 aromatic heterocycles. The molecule has 15 heavy (non-hydrogen) atoms. The van der Waals surface area contributed by atoms with Gasteiger partial charge in [-0.05, 0) is 24.6 Å². The van der Waals surface area contributed by atoms with Crippen LogP contribution in [-0.4, -0.2) is 11.1 Å². The van der Waals surface area contributed by atoms with E-state index in [2.05, 4.69) is 6.58 Å². The molecule has 0 saturated carbocycles. The number of hydrogen-bond donors (Lipinski definition) is 1. The predicted molar refractivity (Wildman–Crippen MR) is 57.9 cm³/mol. The fraction of sp³-hybridized carbons (Fsp3) is 0.250. The van der Waals surface area contributed by atoms with Gasteiger partial charge in [-0.25, -0.2) is 0 Å². The smallest absolute Gasteiger partial charge is 0.310 e. The van der Waals surface area contributed by atoms with Crippen LogP contribution in [0.3, 0.4) is 0 Å². The molecule has 0 aliphatic carbocycles. The Morgan fingerprint density at radius 2 is 2.33 bits per heavy atom. The second kappa shape index (κ2) is 5.20. The largest absolute Gasteiger partial charge is 0.508 e. The number of carbonyl (C=O) groups is 1. The maximum absolute atomic E-state index is 11.0. The highest BCUT2D eigenvalue weighted by Crippen LogP contribution is 2.23. The van der Waals surface area contributed by atoms with Gasteiger partial charge in [-0.2, -0.15) is 0 Å². The van der Waals surface area contributed by atoms with Crippen molar-refractivity contribution >= 4 is 5.97 Å². The molecular formula is C12H14O3. The van der Waals surface area contributed by atoms with Gasteiger partial charge in [0.15, 0.2) is 0 Å². The summed E-state index contributed by atoms with van der Waals surface area (Å²) < 4.78 is 5.02. The molecule has 0 amide bonds. The van der Waals surface area contributed by atoms with E-state index in [9.17, 15) is 9.90 Å². The summed E-state index contributed by atoms with van der Waals surface area (Å²) in [5, 5.41) is 9.47. The molecule has 0 saturated heterocycles. The van der Waals surface area contributed by atoms with Gasteiger partial charge in [-0.1, -0.05) is 13.0 Å². The topological polar surface area (TPSA) is 46.5 Å². The Balaban J connectivity index is 2.86. The number of phenolic OH excluding ortho intramolecular Hbond substituents is 1. The summed E-state index contributed by atoms with van der Waals surface area (Å²) in [4.78, 5) is 11.0. The van der Waals surface area contributed by atoms with Gasteiger partial charge in [-0.3, -0.25) is 4.79 Å². The third kappa shape index (κ3) is 3.13. The van der Waals surface area contributed by atoms with Gasteiger partial charge in [-0.15, -0.1) is 6.58 Å². The number of allylic oxidation sites excluding steroid dienone is 1. The van der Waals surface area contributed by atoms with Crippen molar-refractivity contribution in [2.75, 3.05) is 0 Å². The van der Waals surface area contributed by atoms with Gasteiger partial charge < -0.3 is 9.84 Å². The second-order valence-electron chi connectivity index (χ2n) is 3.11. The van der Waals surface area contributed by atoms with Crippen molar-refractivity contribution in [2.24, 2.45) is 0 Å². The quantitative estimate of drug-likeness (QED) is 0.467. The molecule has 1 aromatic rings. The van der Waals surface area contributed by atoms with E-state index in [0.717, 1.165) is 0 Å². The molecule has 1 rings (SSSR count). The first-order valence-corrected chi connectivity index (χ1v) is 4.80. The van der Waals surface area contributed by atoms with Crippen LogP contribution in [0, 0.1) is 0 Å². The standard InChI is InChI=1S/C12H14O3/c1-3-5-9-8-10(6-7-11(9)13)15-12(14)4-2/h3,6-8,13H,1,4-5H2,2H3. The molecule has 0 bridgehead atoms. The van der Waals surface area contributed by atoms with Crippen molar-refractivity contribution in [3.63, 3.8) is 0 Å². The average molecular weight is 206 g/mol. The fourth-order valence-corrected chi connectivity index (χ4v) is 1.15. The number of ether oxygens (including phenoxy) is 1. The molecule has 3 nitrogen and oxygen atoms in total. The Kier molecular flexibility index (Phi) is 3.92. The molecule has 1 aromatic carbocycles. The van der Waals surface area contributed by atoms with Gasteiger partial charge in [0.25, 0.3) is 0 Å². The third-order valence-corrected chi connectivity index (χ3v) is 1.94. The van der Waals surface area contributed by atoms with Crippen molar-refractivity contribution in [1.82, 2.24) is 0 Å². The van der Waals surface area contributed by atoms with E-state index in [1.165, 1.54) is 6.07 Å². The molecule has 0 heterocycles. The lowest BCUT2D eigenvalue weighted by atomic mass is 10.1. The summed E-state index contributed by atoms with van der Waals surface area (Å²) in [5.41, 5.74) is 0.700. The highest BCUT2D eigenvalue weighted by molar-refractivity contribution is 5.72.